The van der Waals surface area contributed by atoms with E-state index in [0.29, 0.717) is 30.1 Å². The fraction of sp³-hybridized carbons (Fsp3) is 0.682. The summed E-state index contributed by atoms with van der Waals surface area (Å²) in [5, 5.41) is 3.43. The number of amides is 1. The molecule has 1 saturated carbocycles. The molecule has 0 radical (unpaired) electrons. The molecule has 25 heavy (non-hydrogen) atoms. The molecule has 0 spiro atoms. The number of carbonyl (C=O) groups excluding carboxylic acids is 1. The standard InChI is InChI=1S/C22H34N2O/c1-17(20-11-13-23-14-12-20)15-22(25)24(16-19-7-6-8-19)18(2)21-9-4-3-5-10-21/h3-5,9-10,17-20,23H,6-8,11-16H2,1-2H3. The van der Waals surface area contributed by atoms with Gasteiger partial charge in [0.2, 0.25) is 5.91 Å². The number of nitrogens with one attached hydrogen (secondary N) is 1. The number of rotatable bonds is 7. The van der Waals surface area contributed by atoms with Crippen LogP contribution in [0.15, 0.2) is 30.3 Å². The smallest absolute Gasteiger partial charge is 0.223 e. The highest BCUT2D eigenvalue weighted by molar-refractivity contribution is 5.77. The number of hydrogen-bond acceptors (Lipinski definition) is 2. The van der Waals surface area contributed by atoms with E-state index in [1.165, 1.54) is 37.7 Å². The van der Waals surface area contributed by atoms with E-state index in [0.717, 1.165) is 19.6 Å². The summed E-state index contributed by atoms with van der Waals surface area (Å²) in [6.45, 7) is 7.63. The van der Waals surface area contributed by atoms with Gasteiger partial charge in [0.1, 0.15) is 0 Å². The quantitative estimate of drug-likeness (QED) is 0.796. The van der Waals surface area contributed by atoms with Crippen molar-refractivity contribution >= 4 is 5.91 Å². The maximum atomic E-state index is 13.2. The third-order valence-corrected chi connectivity index (χ3v) is 6.43. The van der Waals surface area contributed by atoms with Crippen molar-refractivity contribution in [2.75, 3.05) is 19.6 Å². The zero-order valence-corrected chi connectivity index (χ0v) is 15.9. The topological polar surface area (TPSA) is 32.3 Å². The lowest BCUT2D eigenvalue weighted by molar-refractivity contribution is -0.136. The van der Waals surface area contributed by atoms with E-state index in [2.05, 4.69) is 48.3 Å². The van der Waals surface area contributed by atoms with E-state index >= 15 is 0 Å². The minimum absolute atomic E-state index is 0.175. The summed E-state index contributed by atoms with van der Waals surface area (Å²) in [5.41, 5.74) is 1.25. The van der Waals surface area contributed by atoms with Gasteiger partial charge in [0.15, 0.2) is 0 Å². The molecule has 3 nitrogen and oxygen atoms in total. The number of piperidine rings is 1. The van der Waals surface area contributed by atoms with Crippen LogP contribution in [-0.4, -0.2) is 30.4 Å². The summed E-state index contributed by atoms with van der Waals surface area (Å²) in [5.74, 6) is 2.25. The summed E-state index contributed by atoms with van der Waals surface area (Å²) in [6, 6.07) is 10.7. The predicted octanol–water partition coefficient (Wildman–Crippen LogP) is 4.40. The van der Waals surface area contributed by atoms with Gasteiger partial charge >= 0.3 is 0 Å². The first-order chi connectivity index (χ1) is 12.1. The molecule has 1 amide bonds. The summed E-state index contributed by atoms with van der Waals surface area (Å²) in [7, 11) is 0. The Bertz CT molecular complexity index is 534. The SMILES string of the molecule is CC(CC(=O)N(CC1CCC1)C(C)c1ccccc1)C1CCNCC1. The van der Waals surface area contributed by atoms with Crippen LogP contribution >= 0.6 is 0 Å². The second kappa shape index (κ2) is 8.84. The van der Waals surface area contributed by atoms with Crippen LogP contribution in [0.4, 0.5) is 0 Å². The van der Waals surface area contributed by atoms with Gasteiger partial charge in [0.05, 0.1) is 6.04 Å². The molecule has 1 aliphatic heterocycles. The van der Waals surface area contributed by atoms with Crippen LogP contribution in [-0.2, 0) is 4.79 Å². The van der Waals surface area contributed by atoms with Crippen LogP contribution in [0, 0.1) is 17.8 Å². The molecule has 138 valence electrons. The second-order valence-electron chi connectivity index (χ2n) is 8.20. The molecule has 1 N–H and O–H groups in total. The number of nitrogens with zero attached hydrogens (tertiary/aromatic N) is 1. The van der Waals surface area contributed by atoms with Crippen LogP contribution in [0.2, 0.25) is 0 Å². The zero-order chi connectivity index (χ0) is 17.6. The van der Waals surface area contributed by atoms with Crippen molar-refractivity contribution in [3.05, 3.63) is 35.9 Å². The summed E-state index contributed by atoms with van der Waals surface area (Å²) < 4.78 is 0. The molecule has 1 aliphatic carbocycles. The first-order valence-electron chi connectivity index (χ1n) is 10.2. The molecule has 1 saturated heterocycles. The van der Waals surface area contributed by atoms with Crippen molar-refractivity contribution in [2.24, 2.45) is 17.8 Å². The van der Waals surface area contributed by atoms with Crippen LogP contribution < -0.4 is 5.32 Å². The molecule has 1 aromatic rings. The van der Waals surface area contributed by atoms with Gasteiger partial charge in [-0.05, 0) is 69.0 Å². The Labute approximate surface area is 153 Å². The highest BCUT2D eigenvalue weighted by atomic mass is 16.2. The molecule has 2 fully saturated rings. The third kappa shape index (κ3) is 4.84. The Kier molecular flexibility index (Phi) is 6.52. The summed E-state index contributed by atoms with van der Waals surface area (Å²) in [4.78, 5) is 15.4. The molecule has 3 heteroatoms. The Balaban J connectivity index is 1.65. The fourth-order valence-corrected chi connectivity index (χ4v) is 4.31. The van der Waals surface area contributed by atoms with Gasteiger partial charge in [-0.3, -0.25) is 4.79 Å². The van der Waals surface area contributed by atoms with Crippen LogP contribution in [0.25, 0.3) is 0 Å². The molecule has 2 atom stereocenters. The number of benzene rings is 1. The Morgan fingerprint density at radius 2 is 1.80 bits per heavy atom. The predicted molar refractivity (Wildman–Crippen MR) is 103 cm³/mol. The van der Waals surface area contributed by atoms with Gasteiger partial charge in [-0.1, -0.05) is 43.7 Å². The highest BCUT2D eigenvalue weighted by Gasteiger charge is 2.30. The number of carbonyl (C=O) groups is 1. The van der Waals surface area contributed by atoms with Crippen molar-refractivity contribution in [1.82, 2.24) is 10.2 Å². The lowest BCUT2D eigenvalue weighted by Gasteiger charge is -2.37. The maximum Gasteiger partial charge on any atom is 0.223 e. The van der Waals surface area contributed by atoms with Crippen molar-refractivity contribution in [2.45, 2.75) is 58.4 Å². The number of hydrogen-bond donors (Lipinski definition) is 1. The molecule has 2 aliphatic rings. The van der Waals surface area contributed by atoms with E-state index in [1.54, 1.807) is 0 Å². The zero-order valence-electron chi connectivity index (χ0n) is 15.9. The largest absolute Gasteiger partial charge is 0.336 e. The van der Waals surface area contributed by atoms with Crippen LogP contribution in [0.3, 0.4) is 0 Å². The van der Waals surface area contributed by atoms with Crippen molar-refractivity contribution in [1.29, 1.82) is 0 Å². The van der Waals surface area contributed by atoms with Gasteiger partial charge < -0.3 is 10.2 Å². The molecule has 1 heterocycles. The van der Waals surface area contributed by atoms with Gasteiger partial charge in [0.25, 0.3) is 0 Å². The lowest BCUT2D eigenvalue weighted by Crippen LogP contribution is -2.41. The normalized spacial score (nSPS) is 21.4. The van der Waals surface area contributed by atoms with Crippen molar-refractivity contribution in [3.63, 3.8) is 0 Å². The van der Waals surface area contributed by atoms with E-state index in [9.17, 15) is 4.79 Å². The van der Waals surface area contributed by atoms with Gasteiger partial charge in [0, 0.05) is 13.0 Å². The van der Waals surface area contributed by atoms with E-state index in [4.69, 9.17) is 0 Å². The Hall–Kier alpha value is -1.35. The molecule has 0 aromatic heterocycles. The van der Waals surface area contributed by atoms with Gasteiger partial charge in [-0.25, -0.2) is 0 Å². The Morgan fingerprint density at radius 1 is 1.12 bits per heavy atom. The first kappa shape index (κ1) is 18.4. The molecular weight excluding hydrogens is 308 g/mol. The van der Waals surface area contributed by atoms with E-state index < -0.39 is 0 Å². The fourth-order valence-electron chi connectivity index (χ4n) is 4.31. The van der Waals surface area contributed by atoms with E-state index in [-0.39, 0.29) is 6.04 Å². The second-order valence-corrected chi connectivity index (χ2v) is 8.20. The summed E-state index contributed by atoms with van der Waals surface area (Å²) in [6.07, 6.45) is 7.04. The van der Waals surface area contributed by atoms with Crippen molar-refractivity contribution < 1.29 is 4.79 Å². The van der Waals surface area contributed by atoms with E-state index in [1.807, 2.05) is 6.07 Å². The van der Waals surface area contributed by atoms with Gasteiger partial charge in [-0.15, -0.1) is 0 Å². The minimum Gasteiger partial charge on any atom is -0.336 e. The average Bonchev–Trinajstić information content (AvgIpc) is 2.61. The van der Waals surface area contributed by atoms with Crippen LogP contribution in [0.5, 0.6) is 0 Å². The Morgan fingerprint density at radius 3 is 2.40 bits per heavy atom. The minimum atomic E-state index is 0.175. The molecular formula is C22H34N2O. The molecule has 0 bridgehead atoms. The molecule has 1 aromatic carbocycles. The maximum absolute atomic E-state index is 13.2. The summed E-state index contributed by atoms with van der Waals surface area (Å²) >= 11 is 0. The monoisotopic (exact) mass is 342 g/mol. The van der Waals surface area contributed by atoms with Crippen LogP contribution in [0.1, 0.15) is 64.0 Å². The molecule has 3 rings (SSSR count). The van der Waals surface area contributed by atoms with Crippen molar-refractivity contribution in [3.8, 4) is 0 Å². The average molecular weight is 343 g/mol. The molecule has 2 unspecified atom stereocenters. The third-order valence-electron chi connectivity index (χ3n) is 6.43. The first-order valence-corrected chi connectivity index (χ1v) is 10.2. The lowest BCUT2D eigenvalue weighted by atomic mass is 9.82. The highest BCUT2D eigenvalue weighted by Crippen LogP contribution is 2.32. The van der Waals surface area contributed by atoms with Gasteiger partial charge in [-0.2, -0.15) is 0 Å².